The highest BCUT2D eigenvalue weighted by molar-refractivity contribution is 6.30. The molecule has 2 rings (SSSR count). The van der Waals surface area contributed by atoms with Gasteiger partial charge in [0.1, 0.15) is 5.82 Å². The van der Waals surface area contributed by atoms with Crippen LogP contribution < -0.4 is 5.32 Å². The summed E-state index contributed by atoms with van der Waals surface area (Å²) in [4.78, 5) is 24.1. The lowest BCUT2D eigenvalue weighted by atomic mass is 10.3. The van der Waals surface area contributed by atoms with Gasteiger partial charge in [0.2, 0.25) is 5.91 Å². The first-order valence-corrected chi connectivity index (χ1v) is 6.85. The number of carbonyl (C=O) groups is 1. The minimum Gasteiger partial charge on any atom is -0.310 e. The number of halogens is 2. The Kier molecular flexibility index (Phi) is 5.25. The number of pyridine rings is 2. The second-order valence-corrected chi connectivity index (χ2v) is 5.14. The van der Waals surface area contributed by atoms with Gasteiger partial charge in [0, 0.05) is 18.1 Å². The van der Waals surface area contributed by atoms with Crippen molar-refractivity contribution in [2.24, 2.45) is 4.99 Å². The molecule has 0 radical (unpaired) electrons. The van der Waals surface area contributed by atoms with Crippen LogP contribution in [0.15, 0.2) is 41.7 Å². The minimum absolute atomic E-state index is 0.147. The van der Waals surface area contributed by atoms with E-state index in [2.05, 4.69) is 20.3 Å². The van der Waals surface area contributed by atoms with E-state index in [4.69, 9.17) is 23.2 Å². The summed E-state index contributed by atoms with van der Waals surface area (Å²) >= 11 is 11.5. The molecular weight excluding hydrogens is 311 g/mol. The molecule has 5 nitrogen and oxygen atoms in total. The molecule has 0 saturated carbocycles. The van der Waals surface area contributed by atoms with Crippen LogP contribution in [0.5, 0.6) is 0 Å². The summed E-state index contributed by atoms with van der Waals surface area (Å²) in [5.41, 5.74) is 0.635. The van der Waals surface area contributed by atoms with Crippen LogP contribution in [0.3, 0.4) is 0 Å². The highest BCUT2D eigenvalue weighted by Gasteiger charge is 2.06. The van der Waals surface area contributed by atoms with Crippen LogP contribution in [0.25, 0.3) is 0 Å². The van der Waals surface area contributed by atoms with Gasteiger partial charge < -0.3 is 5.32 Å². The summed E-state index contributed by atoms with van der Waals surface area (Å²) < 4.78 is 0. The smallest absolute Gasteiger partial charge is 0.231 e. The fourth-order valence-electron chi connectivity index (χ4n) is 1.54. The lowest BCUT2D eigenvalue weighted by Gasteiger charge is -2.04. The SMILES string of the molecule is CC(CC(=O)Nc1ccc(Cl)cn1)=Nc1ccc(Cl)cn1. The zero-order valence-electron chi connectivity index (χ0n) is 11.2. The number of nitrogens with one attached hydrogen (secondary N) is 1. The molecule has 2 heterocycles. The van der Waals surface area contributed by atoms with Crippen LogP contribution in [-0.4, -0.2) is 21.6 Å². The topological polar surface area (TPSA) is 67.2 Å². The van der Waals surface area contributed by atoms with Crippen LogP contribution in [0, 0.1) is 0 Å². The Hall–Kier alpha value is -1.98. The van der Waals surface area contributed by atoms with Crippen molar-refractivity contribution in [2.45, 2.75) is 13.3 Å². The average molecular weight is 323 g/mol. The third-order valence-electron chi connectivity index (χ3n) is 2.43. The first kappa shape index (κ1) is 15.4. The summed E-state index contributed by atoms with van der Waals surface area (Å²) in [6, 6.07) is 6.67. The molecule has 21 heavy (non-hydrogen) atoms. The van der Waals surface area contributed by atoms with Gasteiger partial charge in [0.05, 0.1) is 16.5 Å². The molecule has 1 N–H and O–H groups in total. The normalized spacial score (nSPS) is 11.3. The van der Waals surface area contributed by atoms with Crippen molar-refractivity contribution in [1.82, 2.24) is 9.97 Å². The molecule has 1 amide bonds. The maximum absolute atomic E-state index is 11.8. The van der Waals surface area contributed by atoms with E-state index >= 15 is 0 Å². The molecule has 0 aliphatic heterocycles. The standard InChI is InChI=1S/C14H12Cl2N4O/c1-9(19-12-4-2-10(15)7-17-12)6-14(21)20-13-5-3-11(16)8-18-13/h2-5,7-8H,6H2,1H3,(H,18,20,21). The number of carbonyl (C=O) groups excluding carboxylic acids is 1. The number of rotatable bonds is 4. The number of aliphatic imine (C=N–C) groups is 1. The number of hydrogen-bond acceptors (Lipinski definition) is 4. The van der Waals surface area contributed by atoms with Crippen LogP contribution in [0.1, 0.15) is 13.3 Å². The summed E-state index contributed by atoms with van der Waals surface area (Å²) in [5, 5.41) is 3.72. The van der Waals surface area contributed by atoms with Crippen molar-refractivity contribution in [1.29, 1.82) is 0 Å². The summed E-state index contributed by atoms with van der Waals surface area (Å²) in [6.07, 6.45) is 3.12. The van der Waals surface area contributed by atoms with Gasteiger partial charge in [-0.2, -0.15) is 0 Å². The first-order valence-electron chi connectivity index (χ1n) is 6.10. The van der Waals surface area contributed by atoms with E-state index in [1.165, 1.54) is 12.4 Å². The number of hydrogen-bond donors (Lipinski definition) is 1. The van der Waals surface area contributed by atoms with Crippen molar-refractivity contribution >= 4 is 46.5 Å². The largest absolute Gasteiger partial charge is 0.310 e. The van der Waals surface area contributed by atoms with Crippen LogP contribution >= 0.6 is 23.2 Å². The van der Waals surface area contributed by atoms with Gasteiger partial charge in [-0.1, -0.05) is 23.2 Å². The van der Waals surface area contributed by atoms with Crippen molar-refractivity contribution < 1.29 is 4.79 Å². The molecule has 0 aliphatic rings. The number of nitrogens with zero attached hydrogens (tertiary/aromatic N) is 3. The molecule has 0 spiro atoms. The van der Waals surface area contributed by atoms with Gasteiger partial charge in [-0.25, -0.2) is 15.0 Å². The van der Waals surface area contributed by atoms with Crippen LogP contribution in [0.2, 0.25) is 10.0 Å². The maximum atomic E-state index is 11.8. The maximum Gasteiger partial charge on any atom is 0.231 e. The van der Waals surface area contributed by atoms with Gasteiger partial charge >= 0.3 is 0 Å². The Morgan fingerprint density at radius 3 is 2.38 bits per heavy atom. The third-order valence-corrected chi connectivity index (χ3v) is 2.88. The fraction of sp³-hybridized carbons (Fsp3) is 0.143. The van der Waals surface area contributed by atoms with Gasteiger partial charge in [-0.3, -0.25) is 4.79 Å². The van der Waals surface area contributed by atoms with Crippen molar-refractivity contribution in [3.8, 4) is 0 Å². The zero-order chi connectivity index (χ0) is 15.2. The molecule has 0 aromatic carbocycles. The van der Waals surface area contributed by atoms with E-state index in [0.29, 0.717) is 27.4 Å². The van der Waals surface area contributed by atoms with E-state index in [9.17, 15) is 4.79 Å². The summed E-state index contributed by atoms with van der Waals surface area (Å²) in [6.45, 7) is 1.76. The van der Waals surface area contributed by atoms with E-state index in [0.717, 1.165) is 0 Å². The number of amides is 1. The second kappa shape index (κ2) is 7.15. The molecule has 0 saturated heterocycles. The number of aromatic nitrogens is 2. The lowest BCUT2D eigenvalue weighted by Crippen LogP contribution is -2.15. The summed E-state index contributed by atoms with van der Waals surface area (Å²) in [7, 11) is 0. The molecule has 0 aliphatic carbocycles. The van der Waals surface area contributed by atoms with Crippen LogP contribution in [0.4, 0.5) is 11.6 Å². The fourth-order valence-corrected chi connectivity index (χ4v) is 1.76. The zero-order valence-corrected chi connectivity index (χ0v) is 12.7. The molecule has 7 heteroatoms. The summed E-state index contributed by atoms with van der Waals surface area (Å²) in [5.74, 6) is 0.746. The predicted molar refractivity (Wildman–Crippen MR) is 84.5 cm³/mol. The van der Waals surface area contributed by atoms with Crippen LogP contribution in [-0.2, 0) is 4.79 Å². The Morgan fingerprint density at radius 2 is 1.81 bits per heavy atom. The van der Waals surface area contributed by atoms with Gasteiger partial charge in [0.15, 0.2) is 5.82 Å². The molecule has 0 fully saturated rings. The van der Waals surface area contributed by atoms with E-state index < -0.39 is 0 Å². The van der Waals surface area contributed by atoms with Crippen molar-refractivity contribution in [2.75, 3.05) is 5.32 Å². The molecular formula is C14H12Cl2N4O. The van der Waals surface area contributed by atoms with Gasteiger partial charge in [-0.05, 0) is 31.2 Å². The molecule has 108 valence electrons. The highest BCUT2D eigenvalue weighted by atomic mass is 35.5. The van der Waals surface area contributed by atoms with E-state index in [1.54, 1.807) is 31.2 Å². The predicted octanol–water partition coefficient (Wildman–Crippen LogP) is 3.90. The van der Waals surface area contributed by atoms with Crippen molar-refractivity contribution in [3.05, 3.63) is 46.7 Å². The molecule has 0 unspecified atom stereocenters. The Labute approximate surface area is 132 Å². The minimum atomic E-state index is -0.208. The Balaban J connectivity index is 1.95. The molecule has 0 atom stereocenters. The quantitative estimate of drug-likeness (QED) is 0.868. The van der Waals surface area contributed by atoms with Gasteiger partial charge in [-0.15, -0.1) is 0 Å². The Morgan fingerprint density at radius 1 is 1.14 bits per heavy atom. The van der Waals surface area contributed by atoms with E-state index in [-0.39, 0.29) is 12.3 Å². The van der Waals surface area contributed by atoms with E-state index in [1.807, 2.05) is 0 Å². The number of anilines is 1. The van der Waals surface area contributed by atoms with Gasteiger partial charge in [0.25, 0.3) is 0 Å². The first-order chi connectivity index (χ1) is 10.0. The molecule has 0 bridgehead atoms. The Bertz CT molecular complexity index is 654. The average Bonchev–Trinajstić information content (AvgIpc) is 2.44. The second-order valence-electron chi connectivity index (χ2n) is 4.27. The molecule has 2 aromatic heterocycles. The molecule has 2 aromatic rings. The van der Waals surface area contributed by atoms with Crippen molar-refractivity contribution in [3.63, 3.8) is 0 Å². The lowest BCUT2D eigenvalue weighted by molar-refractivity contribution is -0.115. The monoisotopic (exact) mass is 322 g/mol. The highest BCUT2D eigenvalue weighted by Crippen LogP contribution is 2.13. The third kappa shape index (κ3) is 5.13.